The summed E-state index contributed by atoms with van der Waals surface area (Å²) < 4.78 is 35.8. The van der Waals surface area contributed by atoms with Gasteiger partial charge in [-0.25, -0.2) is 14.4 Å². The fraction of sp³-hybridized carbons (Fsp3) is 0.655. The molecule has 0 aliphatic heterocycles. The molecule has 12 heteroatoms. The summed E-state index contributed by atoms with van der Waals surface area (Å²) >= 11 is 0. The number of ether oxygens (including phenoxy) is 7. The molecule has 0 spiro atoms. The molecule has 0 saturated heterocycles. The second kappa shape index (κ2) is 18.7. The zero-order valence-electron chi connectivity index (χ0n) is 25.1. The summed E-state index contributed by atoms with van der Waals surface area (Å²) in [6.45, 7) is 13.6. The van der Waals surface area contributed by atoms with Crippen LogP contribution >= 0.6 is 0 Å². The van der Waals surface area contributed by atoms with E-state index in [1.807, 2.05) is 41.5 Å². The van der Waals surface area contributed by atoms with Crippen LogP contribution < -0.4 is 15.2 Å². The van der Waals surface area contributed by atoms with E-state index in [1.54, 1.807) is 13.0 Å². The van der Waals surface area contributed by atoms with Crippen LogP contribution in [0.1, 0.15) is 66.9 Å². The lowest BCUT2D eigenvalue weighted by molar-refractivity contribution is -0.148. The van der Waals surface area contributed by atoms with Gasteiger partial charge in [0.25, 0.3) is 0 Å². The van der Waals surface area contributed by atoms with Crippen molar-refractivity contribution in [2.45, 2.75) is 79.9 Å². The maximum absolute atomic E-state index is 12.4. The molecule has 0 radical (unpaired) electrons. The predicted octanol–water partition coefficient (Wildman–Crippen LogP) is 5.42. The predicted molar refractivity (Wildman–Crippen MR) is 149 cm³/mol. The fourth-order valence-corrected chi connectivity index (χ4v) is 2.95. The van der Waals surface area contributed by atoms with E-state index in [-0.39, 0.29) is 50.3 Å². The molecule has 0 heterocycles. The van der Waals surface area contributed by atoms with Gasteiger partial charge in [0.15, 0.2) is 11.5 Å². The first-order valence-electron chi connectivity index (χ1n) is 13.8. The Morgan fingerprint density at radius 3 is 1.78 bits per heavy atom. The van der Waals surface area contributed by atoms with Crippen LogP contribution in [0.5, 0.6) is 11.5 Å². The minimum atomic E-state index is -1.09. The molecule has 0 aliphatic carbocycles. The van der Waals surface area contributed by atoms with Gasteiger partial charge in [-0.1, -0.05) is 47.6 Å². The van der Waals surface area contributed by atoms with Crippen LogP contribution in [0, 0.1) is 17.8 Å². The highest BCUT2D eigenvalue weighted by Gasteiger charge is 2.22. The zero-order valence-corrected chi connectivity index (χ0v) is 25.1. The van der Waals surface area contributed by atoms with Crippen LogP contribution in [-0.4, -0.2) is 63.0 Å². The Balaban J connectivity index is 2.82. The van der Waals surface area contributed by atoms with E-state index in [2.05, 4.69) is 0 Å². The quantitative estimate of drug-likeness (QED) is 0.150. The summed E-state index contributed by atoms with van der Waals surface area (Å²) in [5.74, 6) is -0.115. The first kappa shape index (κ1) is 35.5. The Morgan fingerprint density at radius 2 is 1.24 bits per heavy atom. The number of hydrogen-bond donors (Lipinski definition) is 1. The summed E-state index contributed by atoms with van der Waals surface area (Å²) in [6, 6.07) is 3.27. The molecule has 2 atom stereocenters. The molecule has 0 unspecified atom stereocenters. The van der Waals surface area contributed by atoms with Crippen molar-refractivity contribution in [1.29, 1.82) is 0 Å². The van der Waals surface area contributed by atoms with Crippen molar-refractivity contribution in [2.24, 2.45) is 23.5 Å². The number of nitrogens with two attached hydrogens (primary N) is 1. The van der Waals surface area contributed by atoms with Gasteiger partial charge in [-0.05, 0) is 61.6 Å². The first-order chi connectivity index (χ1) is 19.3. The average molecular weight is 584 g/mol. The number of carbonyl (C=O) groups is 4. The molecule has 41 heavy (non-hydrogen) atoms. The molecule has 12 nitrogen and oxygen atoms in total. The van der Waals surface area contributed by atoms with Crippen molar-refractivity contribution in [3.63, 3.8) is 0 Å². The third kappa shape index (κ3) is 16.3. The standard InChI is InChI=1S/C29H45NO11/c1-18(2)10-12-35-27(32)40-24-9-8-22(15-25(24)41-28(33)36-13-11-19(3)4)14-23(30)26(31)37-17-21(7)39-29(34)38-16-20(5)6/h8-9,15,18-21,23H,10-14,16-17,30H2,1-7H3/t21-,23-/m0/s1. The van der Waals surface area contributed by atoms with Gasteiger partial charge in [0, 0.05) is 0 Å². The topological polar surface area (TPSA) is 159 Å². The van der Waals surface area contributed by atoms with E-state index in [4.69, 9.17) is 38.9 Å². The Labute approximate surface area is 242 Å². The van der Waals surface area contributed by atoms with E-state index in [0.717, 1.165) is 0 Å². The lowest BCUT2D eigenvalue weighted by Gasteiger charge is -2.17. The van der Waals surface area contributed by atoms with Crippen LogP contribution in [0.4, 0.5) is 14.4 Å². The Morgan fingerprint density at radius 1 is 0.683 bits per heavy atom. The number of esters is 1. The number of rotatable bonds is 16. The molecule has 1 rings (SSSR count). The number of hydrogen-bond acceptors (Lipinski definition) is 12. The van der Waals surface area contributed by atoms with Crippen LogP contribution in [0.3, 0.4) is 0 Å². The Hall–Kier alpha value is -3.54. The third-order valence-electron chi connectivity index (χ3n) is 5.28. The zero-order chi connectivity index (χ0) is 30.9. The maximum atomic E-state index is 12.4. The van der Waals surface area contributed by atoms with Crippen molar-refractivity contribution < 1.29 is 52.3 Å². The monoisotopic (exact) mass is 583 g/mol. The molecule has 2 N–H and O–H groups in total. The molecule has 0 bridgehead atoms. The van der Waals surface area contributed by atoms with Gasteiger partial charge >= 0.3 is 24.4 Å². The van der Waals surface area contributed by atoms with E-state index < -0.39 is 36.6 Å². The highest BCUT2D eigenvalue weighted by Crippen LogP contribution is 2.30. The van der Waals surface area contributed by atoms with Crippen molar-refractivity contribution in [1.82, 2.24) is 0 Å². The first-order valence-corrected chi connectivity index (χ1v) is 13.8. The normalized spacial score (nSPS) is 12.5. The summed E-state index contributed by atoms with van der Waals surface area (Å²) in [6.07, 6.45) is -2.24. The van der Waals surface area contributed by atoms with Gasteiger partial charge < -0.3 is 38.9 Å². The summed E-state index contributed by atoms with van der Waals surface area (Å²) in [7, 11) is 0. The SMILES string of the molecule is CC(C)CCOC(=O)Oc1ccc(C[C@H](N)C(=O)OC[C@H](C)OC(=O)OCC(C)C)cc1OC(=O)OCCC(C)C. The minimum absolute atomic E-state index is 0.00235. The highest BCUT2D eigenvalue weighted by molar-refractivity contribution is 5.76. The fourth-order valence-electron chi connectivity index (χ4n) is 2.95. The maximum Gasteiger partial charge on any atom is 0.513 e. The van der Waals surface area contributed by atoms with Crippen molar-refractivity contribution in [2.75, 3.05) is 26.4 Å². The molecule has 0 saturated carbocycles. The molecular formula is C29H45NO11. The molecule has 0 aromatic heterocycles. The lowest BCUT2D eigenvalue weighted by Crippen LogP contribution is -2.36. The third-order valence-corrected chi connectivity index (χ3v) is 5.28. The van der Waals surface area contributed by atoms with Gasteiger partial charge in [-0.3, -0.25) is 4.79 Å². The smallest absolute Gasteiger partial charge is 0.461 e. The average Bonchev–Trinajstić information content (AvgIpc) is 2.87. The van der Waals surface area contributed by atoms with Crippen molar-refractivity contribution in [3.8, 4) is 11.5 Å². The molecule has 0 fully saturated rings. The number of benzene rings is 1. The van der Waals surface area contributed by atoms with E-state index >= 15 is 0 Å². The summed E-state index contributed by atoms with van der Waals surface area (Å²) in [5.41, 5.74) is 6.50. The van der Waals surface area contributed by atoms with Gasteiger partial charge in [-0.15, -0.1) is 0 Å². The Bertz CT molecular complexity index is 978. The van der Waals surface area contributed by atoms with Crippen LogP contribution in [-0.2, 0) is 34.9 Å². The van der Waals surface area contributed by atoms with Gasteiger partial charge in [-0.2, -0.15) is 0 Å². The Kier molecular flexibility index (Phi) is 16.2. The molecule has 1 aromatic carbocycles. The highest BCUT2D eigenvalue weighted by atomic mass is 16.7. The van der Waals surface area contributed by atoms with Crippen LogP contribution in [0.2, 0.25) is 0 Å². The largest absolute Gasteiger partial charge is 0.513 e. The second-order valence-electron chi connectivity index (χ2n) is 10.9. The van der Waals surface area contributed by atoms with Crippen LogP contribution in [0.25, 0.3) is 0 Å². The lowest BCUT2D eigenvalue weighted by atomic mass is 10.1. The molecular weight excluding hydrogens is 538 g/mol. The van der Waals surface area contributed by atoms with Gasteiger partial charge in [0.05, 0.1) is 19.8 Å². The van der Waals surface area contributed by atoms with E-state index in [1.165, 1.54) is 12.1 Å². The molecule has 1 aromatic rings. The van der Waals surface area contributed by atoms with E-state index in [9.17, 15) is 19.2 Å². The molecule has 0 amide bonds. The van der Waals surface area contributed by atoms with Crippen molar-refractivity contribution >= 4 is 24.4 Å². The molecule has 0 aliphatic rings. The number of carbonyl (C=O) groups excluding carboxylic acids is 4. The van der Waals surface area contributed by atoms with Gasteiger partial charge in [0.2, 0.25) is 0 Å². The van der Waals surface area contributed by atoms with Crippen molar-refractivity contribution in [3.05, 3.63) is 23.8 Å². The van der Waals surface area contributed by atoms with Gasteiger partial charge in [0.1, 0.15) is 18.8 Å². The van der Waals surface area contributed by atoms with E-state index in [0.29, 0.717) is 30.2 Å². The summed E-state index contributed by atoms with van der Waals surface area (Å²) in [5, 5.41) is 0. The minimum Gasteiger partial charge on any atom is -0.461 e. The van der Waals surface area contributed by atoms with Crippen LogP contribution in [0.15, 0.2) is 18.2 Å². The second-order valence-corrected chi connectivity index (χ2v) is 10.9. The summed E-state index contributed by atoms with van der Waals surface area (Å²) in [4.78, 5) is 48.5. The molecule has 232 valence electrons.